The normalized spacial score (nSPS) is 10.3. The van der Waals surface area contributed by atoms with E-state index in [0.717, 1.165) is 17.2 Å². The van der Waals surface area contributed by atoms with Gasteiger partial charge in [-0.3, -0.25) is 4.79 Å². The number of hydrogen-bond donors (Lipinski definition) is 1. The van der Waals surface area contributed by atoms with Crippen molar-refractivity contribution >= 4 is 5.91 Å². The first-order valence-corrected chi connectivity index (χ1v) is 7.91. The maximum atomic E-state index is 12.2. The molecule has 0 unspecified atom stereocenters. The standard InChI is InChI=1S/C19H19N3O3/c1-24-17-6-8-18(9-7-17)25-13-11-20-19(23)15-4-2-5-16(14-15)22-12-3-10-21-22/h2-10,12,14H,11,13H2,1H3,(H,20,23). The van der Waals surface area contributed by atoms with Crippen LogP contribution in [0, 0.1) is 0 Å². The second-order valence-corrected chi connectivity index (χ2v) is 5.28. The van der Waals surface area contributed by atoms with Gasteiger partial charge in [0.2, 0.25) is 0 Å². The SMILES string of the molecule is COc1ccc(OCCNC(=O)c2cccc(-n3cccn3)c2)cc1. The molecule has 1 N–H and O–H groups in total. The molecule has 0 radical (unpaired) electrons. The van der Waals surface area contributed by atoms with E-state index >= 15 is 0 Å². The van der Waals surface area contributed by atoms with E-state index in [1.165, 1.54) is 0 Å². The fourth-order valence-corrected chi connectivity index (χ4v) is 2.32. The highest BCUT2D eigenvalue weighted by Crippen LogP contribution is 2.16. The Labute approximate surface area is 146 Å². The fourth-order valence-electron chi connectivity index (χ4n) is 2.32. The molecule has 6 heteroatoms. The lowest BCUT2D eigenvalue weighted by Gasteiger charge is -2.09. The molecule has 6 nitrogen and oxygen atoms in total. The van der Waals surface area contributed by atoms with Crippen LogP contribution in [0.1, 0.15) is 10.4 Å². The minimum absolute atomic E-state index is 0.146. The van der Waals surface area contributed by atoms with Gasteiger partial charge >= 0.3 is 0 Å². The molecule has 0 spiro atoms. The highest BCUT2D eigenvalue weighted by atomic mass is 16.5. The zero-order chi connectivity index (χ0) is 17.5. The van der Waals surface area contributed by atoms with E-state index < -0.39 is 0 Å². The zero-order valence-corrected chi connectivity index (χ0v) is 13.9. The average molecular weight is 337 g/mol. The largest absolute Gasteiger partial charge is 0.497 e. The Bertz CT molecular complexity index is 814. The van der Waals surface area contributed by atoms with Gasteiger partial charge in [-0.15, -0.1) is 0 Å². The molecule has 0 bridgehead atoms. The molecule has 0 aliphatic rings. The zero-order valence-electron chi connectivity index (χ0n) is 13.9. The Morgan fingerprint density at radius 1 is 1.12 bits per heavy atom. The Balaban J connectivity index is 1.50. The van der Waals surface area contributed by atoms with Crippen molar-refractivity contribution in [2.24, 2.45) is 0 Å². The van der Waals surface area contributed by atoms with Crippen LogP contribution in [0.3, 0.4) is 0 Å². The molecule has 1 aromatic heterocycles. The van der Waals surface area contributed by atoms with Crippen LogP contribution in [-0.2, 0) is 0 Å². The summed E-state index contributed by atoms with van der Waals surface area (Å²) in [6.45, 7) is 0.799. The third-order valence-electron chi connectivity index (χ3n) is 3.59. The minimum atomic E-state index is -0.146. The first-order valence-electron chi connectivity index (χ1n) is 7.91. The molecule has 128 valence electrons. The Morgan fingerprint density at radius 2 is 1.92 bits per heavy atom. The van der Waals surface area contributed by atoms with Crippen molar-refractivity contribution in [1.29, 1.82) is 0 Å². The third kappa shape index (κ3) is 4.38. The number of carbonyl (C=O) groups excluding carboxylic acids is 1. The molecule has 0 saturated heterocycles. The van der Waals surface area contributed by atoms with Crippen LogP contribution in [0.2, 0.25) is 0 Å². The van der Waals surface area contributed by atoms with Crippen LogP contribution in [-0.4, -0.2) is 35.9 Å². The van der Waals surface area contributed by atoms with Crippen molar-refractivity contribution in [3.63, 3.8) is 0 Å². The Morgan fingerprint density at radius 3 is 2.64 bits per heavy atom. The van der Waals surface area contributed by atoms with E-state index in [-0.39, 0.29) is 5.91 Å². The van der Waals surface area contributed by atoms with Gasteiger partial charge in [-0.25, -0.2) is 4.68 Å². The van der Waals surface area contributed by atoms with Gasteiger partial charge < -0.3 is 14.8 Å². The minimum Gasteiger partial charge on any atom is -0.497 e. The first kappa shape index (κ1) is 16.6. The van der Waals surface area contributed by atoms with Gasteiger partial charge in [0.05, 0.1) is 19.3 Å². The number of hydrogen-bond acceptors (Lipinski definition) is 4. The van der Waals surface area contributed by atoms with Crippen LogP contribution in [0.15, 0.2) is 67.0 Å². The number of benzene rings is 2. The number of amides is 1. The summed E-state index contributed by atoms with van der Waals surface area (Å²) in [6, 6.07) is 16.4. The summed E-state index contributed by atoms with van der Waals surface area (Å²) >= 11 is 0. The van der Waals surface area contributed by atoms with Gasteiger partial charge in [0.1, 0.15) is 18.1 Å². The highest BCUT2D eigenvalue weighted by molar-refractivity contribution is 5.94. The molecule has 0 saturated carbocycles. The van der Waals surface area contributed by atoms with Crippen molar-refractivity contribution in [3.8, 4) is 17.2 Å². The predicted molar refractivity (Wildman–Crippen MR) is 94.4 cm³/mol. The summed E-state index contributed by atoms with van der Waals surface area (Å²) in [5, 5.41) is 7.01. The number of methoxy groups -OCH3 is 1. The Kier molecular flexibility index (Phi) is 5.31. The van der Waals surface area contributed by atoms with Gasteiger partial charge in [-0.2, -0.15) is 5.10 Å². The highest BCUT2D eigenvalue weighted by Gasteiger charge is 2.07. The van der Waals surface area contributed by atoms with Gasteiger partial charge in [0.25, 0.3) is 5.91 Å². The van der Waals surface area contributed by atoms with E-state index in [1.807, 2.05) is 48.7 Å². The number of carbonyl (C=O) groups is 1. The van der Waals surface area contributed by atoms with E-state index in [2.05, 4.69) is 10.4 Å². The van der Waals surface area contributed by atoms with Crippen LogP contribution in [0.5, 0.6) is 11.5 Å². The van der Waals surface area contributed by atoms with Crippen molar-refractivity contribution in [1.82, 2.24) is 15.1 Å². The lowest BCUT2D eigenvalue weighted by Crippen LogP contribution is -2.28. The van der Waals surface area contributed by atoms with Crippen LogP contribution >= 0.6 is 0 Å². The summed E-state index contributed by atoms with van der Waals surface area (Å²) in [6.07, 6.45) is 3.53. The van der Waals surface area contributed by atoms with Crippen molar-refractivity contribution in [2.45, 2.75) is 0 Å². The number of nitrogens with one attached hydrogen (secondary N) is 1. The topological polar surface area (TPSA) is 65.4 Å². The molecular formula is C19H19N3O3. The molecule has 1 heterocycles. The van der Waals surface area contributed by atoms with E-state index in [4.69, 9.17) is 9.47 Å². The number of ether oxygens (including phenoxy) is 2. The van der Waals surface area contributed by atoms with Crippen LogP contribution < -0.4 is 14.8 Å². The summed E-state index contributed by atoms with van der Waals surface area (Å²) in [7, 11) is 1.62. The summed E-state index contributed by atoms with van der Waals surface area (Å²) in [4.78, 5) is 12.2. The number of aromatic nitrogens is 2. The number of nitrogens with zero attached hydrogens (tertiary/aromatic N) is 2. The third-order valence-corrected chi connectivity index (χ3v) is 3.59. The molecule has 1 amide bonds. The Hall–Kier alpha value is -3.28. The van der Waals surface area contributed by atoms with E-state index in [0.29, 0.717) is 18.7 Å². The van der Waals surface area contributed by atoms with E-state index in [9.17, 15) is 4.79 Å². The van der Waals surface area contributed by atoms with Gasteiger partial charge in [0.15, 0.2) is 0 Å². The molecule has 3 rings (SSSR count). The van der Waals surface area contributed by atoms with E-state index in [1.54, 1.807) is 30.1 Å². The molecule has 25 heavy (non-hydrogen) atoms. The van der Waals surface area contributed by atoms with Crippen molar-refractivity contribution < 1.29 is 14.3 Å². The maximum absolute atomic E-state index is 12.2. The predicted octanol–water partition coefficient (Wildman–Crippen LogP) is 2.69. The maximum Gasteiger partial charge on any atom is 0.251 e. The summed E-state index contributed by atoms with van der Waals surface area (Å²) < 4.78 is 12.4. The summed E-state index contributed by atoms with van der Waals surface area (Å²) in [5.41, 5.74) is 1.42. The fraction of sp³-hybridized carbons (Fsp3) is 0.158. The molecule has 0 fully saturated rings. The monoisotopic (exact) mass is 337 g/mol. The molecule has 3 aromatic rings. The molecule has 0 aliphatic carbocycles. The van der Waals surface area contributed by atoms with Gasteiger partial charge in [-0.05, 0) is 48.5 Å². The van der Waals surface area contributed by atoms with Crippen molar-refractivity contribution in [3.05, 3.63) is 72.6 Å². The lowest BCUT2D eigenvalue weighted by molar-refractivity contribution is 0.0947. The number of rotatable bonds is 7. The quantitative estimate of drug-likeness (QED) is 0.673. The lowest BCUT2D eigenvalue weighted by atomic mass is 10.2. The average Bonchev–Trinajstić information content (AvgIpc) is 3.20. The molecule has 0 aliphatic heterocycles. The van der Waals surface area contributed by atoms with Gasteiger partial charge in [-0.1, -0.05) is 6.07 Å². The molecule has 2 aromatic carbocycles. The molecule has 0 atom stereocenters. The van der Waals surface area contributed by atoms with Crippen LogP contribution in [0.25, 0.3) is 5.69 Å². The van der Waals surface area contributed by atoms with Crippen LogP contribution in [0.4, 0.5) is 0 Å². The second kappa shape index (κ2) is 8.01. The molecular weight excluding hydrogens is 318 g/mol. The van der Waals surface area contributed by atoms with Crippen molar-refractivity contribution in [2.75, 3.05) is 20.3 Å². The smallest absolute Gasteiger partial charge is 0.251 e. The van der Waals surface area contributed by atoms with Gasteiger partial charge in [0, 0.05) is 18.0 Å². The summed E-state index contributed by atoms with van der Waals surface area (Å²) in [5.74, 6) is 1.36. The second-order valence-electron chi connectivity index (χ2n) is 5.28. The first-order chi connectivity index (χ1) is 12.3.